The molecule has 1 N–H and O–H groups in total. The molecular weight excluding hydrogens is 395 g/mol. The minimum atomic E-state index is -4.48. The van der Waals surface area contributed by atoms with E-state index >= 15 is 0 Å². The summed E-state index contributed by atoms with van der Waals surface area (Å²) in [5.74, 6) is -0.361. The number of aromatic nitrogens is 1. The lowest BCUT2D eigenvalue weighted by atomic mass is 10.1. The van der Waals surface area contributed by atoms with Crippen molar-refractivity contribution in [1.82, 2.24) is 4.90 Å². The van der Waals surface area contributed by atoms with E-state index in [1.807, 2.05) is 0 Å². The first kappa shape index (κ1) is 19.2. The highest BCUT2D eigenvalue weighted by molar-refractivity contribution is 7.91. The molecule has 26 heavy (non-hydrogen) atoms. The number of carbonyl (C=O) groups is 1. The monoisotopic (exact) mass is 412 g/mol. The van der Waals surface area contributed by atoms with E-state index in [-0.39, 0.29) is 22.4 Å². The Labute approximate surface area is 153 Å². The zero-order valence-corrected chi connectivity index (χ0v) is 15.3. The van der Waals surface area contributed by atoms with Crippen LogP contribution in [0, 0.1) is 5.92 Å². The Morgan fingerprint density at radius 1 is 1.23 bits per heavy atom. The van der Waals surface area contributed by atoms with Gasteiger partial charge in [-0.15, -0.1) is 0 Å². The number of piperazine rings is 1. The van der Waals surface area contributed by atoms with Crippen molar-refractivity contribution < 1.29 is 31.4 Å². The Hall–Kier alpha value is -1.55. The summed E-state index contributed by atoms with van der Waals surface area (Å²) in [4.78, 5) is 18.4. The van der Waals surface area contributed by atoms with Gasteiger partial charge in [-0.2, -0.15) is 13.2 Å². The molecule has 1 atom stereocenters. The first-order valence-electron chi connectivity index (χ1n) is 8.09. The van der Waals surface area contributed by atoms with Gasteiger partial charge in [0, 0.05) is 0 Å². The van der Waals surface area contributed by atoms with Crippen LogP contribution in [0.15, 0.2) is 12.3 Å². The number of hydrogen-bond acceptors (Lipinski definition) is 4. The van der Waals surface area contributed by atoms with Crippen molar-refractivity contribution in [3.8, 4) is 0 Å². The first-order chi connectivity index (χ1) is 12.1. The Morgan fingerprint density at radius 3 is 2.38 bits per heavy atom. The molecule has 2 aliphatic rings. The second-order valence-electron chi connectivity index (χ2n) is 6.49. The number of nitrogens with zero attached hydrogens (tertiary/aromatic N) is 2. The Balaban J connectivity index is 1.63. The fourth-order valence-corrected chi connectivity index (χ4v) is 5.29. The first-order valence-corrected chi connectivity index (χ1v) is 10.3. The van der Waals surface area contributed by atoms with Crippen LogP contribution in [0.3, 0.4) is 0 Å². The molecule has 0 aromatic carbocycles. The van der Waals surface area contributed by atoms with Crippen LogP contribution >= 0.6 is 11.6 Å². The number of rotatable bonds is 2. The normalized spacial score (nSPS) is 23.3. The zero-order chi connectivity index (χ0) is 19.1. The predicted octanol–water partition coefficient (Wildman–Crippen LogP) is 1.26. The van der Waals surface area contributed by atoms with Gasteiger partial charge in [-0.3, -0.25) is 9.69 Å². The molecule has 2 fully saturated rings. The van der Waals surface area contributed by atoms with E-state index < -0.39 is 27.5 Å². The molecule has 2 aliphatic heterocycles. The summed E-state index contributed by atoms with van der Waals surface area (Å²) in [6.07, 6.45) is -3.27. The van der Waals surface area contributed by atoms with Crippen LogP contribution in [-0.4, -0.2) is 56.9 Å². The summed E-state index contributed by atoms with van der Waals surface area (Å²) < 4.78 is 61.2. The third-order valence-corrected chi connectivity index (χ3v) is 6.75. The van der Waals surface area contributed by atoms with Gasteiger partial charge in [0.15, 0.2) is 9.84 Å². The number of carbonyl (C=O) groups excluding carboxylic acids is 1. The Kier molecular flexibility index (Phi) is 5.08. The molecule has 0 spiro atoms. The molecular formula is C15H18ClF3N3O3S+. The maximum Gasteiger partial charge on any atom is 0.419 e. The second-order valence-corrected chi connectivity index (χ2v) is 9.13. The van der Waals surface area contributed by atoms with Crippen molar-refractivity contribution in [1.29, 1.82) is 0 Å². The third kappa shape index (κ3) is 4.06. The van der Waals surface area contributed by atoms with Crippen molar-refractivity contribution in [3.05, 3.63) is 22.8 Å². The number of aromatic amines is 1. The number of amides is 1. The smallest absolute Gasteiger partial charge is 0.335 e. The van der Waals surface area contributed by atoms with E-state index in [2.05, 4.69) is 4.98 Å². The molecule has 2 saturated heterocycles. The van der Waals surface area contributed by atoms with Gasteiger partial charge in [0.25, 0.3) is 5.82 Å². The molecule has 1 aromatic heterocycles. The average molecular weight is 413 g/mol. The van der Waals surface area contributed by atoms with Gasteiger partial charge >= 0.3 is 6.18 Å². The van der Waals surface area contributed by atoms with Crippen molar-refractivity contribution in [3.63, 3.8) is 0 Å². The standard InChI is InChI=1S/C15H17ClF3N3O3S/c16-12-7-11(15(17,18)19)8-20-13(12)21-2-4-22(5-3-21)14(23)10-1-6-26(24,25)9-10/h7-8,10H,1-6,9H2/p+1/t10-/m1/s1. The summed E-state index contributed by atoms with van der Waals surface area (Å²) >= 11 is 5.98. The molecule has 3 heterocycles. The maximum atomic E-state index is 12.7. The van der Waals surface area contributed by atoms with E-state index in [0.717, 1.165) is 12.3 Å². The molecule has 1 amide bonds. The van der Waals surface area contributed by atoms with Crippen molar-refractivity contribution in [2.75, 3.05) is 42.6 Å². The highest BCUT2D eigenvalue weighted by atomic mass is 35.5. The number of nitrogens with one attached hydrogen (secondary N) is 1. The molecule has 6 nitrogen and oxygen atoms in total. The number of pyridine rings is 1. The van der Waals surface area contributed by atoms with Crippen LogP contribution < -0.4 is 9.88 Å². The quantitative estimate of drug-likeness (QED) is 0.733. The average Bonchev–Trinajstić information content (AvgIpc) is 2.93. The van der Waals surface area contributed by atoms with Crippen LogP contribution in [0.2, 0.25) is 5.02 Å². The number of halogens is 4. The van der Waals surface area contributed by atoms with Crippen molar-refractivity contribution >= 4 is 33.2 Å². The molecule has 0 aliphatic carbocycles. The fourth-order valence-electron chi connectivity index (χ4n) is 3.27. The number of anilines is 1. The lowest BCUT2D eigenvalue weighted by molar-refractivity contribution is -0.367. The van der Waals surface area contributed by atoms with E-state index in [1.54, 1.807) is 9.80 Å². The second kappa shape index (κ2) is 6.88. The molecule has 0 saturated carbocycles. The Morgan fingerprint density at radius 2 is 1.88 bits per heavy atom. The van der Waals surface area contributed by atoms with Gasteiger partial charge in [0.05, 0.1) is 36.1 Å². The molecule has 0 unspecified atom stereocenters. The fraction of sp³-hybridized carbons (Fsp3) is 0.600. The summed E-state index contributed by atoms with van der Waals surface area (Å²) in [7, 11) is -3.13. The largest absolute Gasteiger partial charge is 0.419 e. The molecule has 11 heteroatoms. The molecule has 3 rings (SSSR count). The lowest BCUT2D eigenvalue weighted by Crippen LogP contribution is -2.51. The van der Waals surface area contributed by atoms with E-state index in [4.69, 9.17) is 11.6 Å². The van der Waals surface area contributed by atoms with Crippen LogP contribution in [0.25, 0.3) is 0 Å². The predicted molar refractivity (Wildman–Crippen MR) is 88.6 cm³/mol. The van der Waals surface area contributed by atoms with Gasteiger partial charge in [0.2, 0.25) is 5.91 Å². The lowest BCUT2D eigenvalue weighted by Gasteiger charge is -2.32. The summed E-state index contributed by atoms with van der Waals surface area (Å²) in [5.41, 5.74) is -0.859. The summed E-state index contributed by atoms with van der Waals surface area (Å²) in [5, 5.41) is -0.0403. The maximum absolute atomic E-state index is 12.7. The van der Waals surface area contributed by atoms with Crippen LogP contribution in [0.5, 0.6) is 0 Å². The van der Waals surface area contributed by atoms with E-state index in [9.17, 15) is 26.4 Å². The van der Waals surface area contributed by atoms with Gasteiger partial charge in [-0.25, -0.2) is 13.4 Å². The van der Waals surface area contributed by atoms with Crippen LogP contribution in [0.1, 0.15) is 12.0 Å². The minimum Gasteiger partial charge on any atom is -0.335 e. The van der Waals surface area contributed by atoms with Crippen LogP contribution in [0.4, 0.5) is 19.0 Å². The SMILES string of the molecule is O=C([C@@H]1CCS(=O)(=O)C1)N1CCN(c2[nH+]cc(C(F)(F)F)cc2Cl)CC1. The van der Waals surface area contributed by atoms with Gasteiger partial charge in [-0.1, -0.05) is 11.6 Å². The van der Waals surface area contributed by atoms with Crippen LogP contribution in [-0.2, 0) is 20.8 Å². The van der Waals surface area contributed by atoms with Gasteiger partial charge in [-0.05, 0) is 12.5 Å². The van der Waals surface area contributed by atoms with Gasteiger partial charge in [0.1, 0.15) is 24.3 Å². The molecule has 1 aromatic rings. The number of H-pyrrole nitrogens is 1. The van der Waals surface area contributed by atoms with E-state index in [1.165, 1.54) is 0 Å². The zero-order valence-electron chi connectivity index (χ0n) is 13.7. The third-order valence-electron chi connectivity index (χ3n) is 4.69. The van der Waals surface area contributed by atoms with Crippen molar-refractivity contribution in [2.45, 2.75) is 12.6 Å². The number of hydrogen-bond donors (Lipinski definition) is 0. The topological polar surface area (TPSA) is 71.8 Å². The summed E-state index contributed by atoms with van der Waals surface area (Å²) in [6, 6.07) is 0.869. The van der Waals surface area contributed by atoms with E-state index in [0.29, 0.717) is 38.4 Å². The molecule has 0 radical (unpaired) electrons. The Bertz CT molecular complexity index is 808. The van der Waals surface area contributed by atoms with Gasteiger partial charge < -0.3 is 4.90 Å². The molecule has 144 valence electrons. The highest BCUT2D eigenvalue weighted by Crippen LogP contribution is 2.32. The number of sulfone groups is 1. The summed E-state index contributed by atoms with van der Waals surface area (Å²) in [6.45, 7) is 1.51. The number of alkyl halides is 3. The minimum absolute atomic E-state index is 0.0403. The molecule has 0 bridgehead atoms. The highest BCUT2D eigenvalue weighted by Gasteiger charge is 2.38. The van der Waals surface area contributed by atoms with Crippen molar-refractivity contribution in [2.24, 2.45) is 5.92 Å².